The quantitative estimate of drug-likeness (QED) is 0.853. The molecule has 2 fully saturated rings. The maximum absolute atomic E-state index is 12.8. The highest BCUT2D eigenvalue weighted by molar-refractivity contribution is 9.10. The van der Waals surface area contributed by atoms with E-state index in [1.54, 1.807) is 0 Å². The van der Waals surface area contributed by atoms with Crippen molar-refractivity contribution in [3.8, 4) is 0 Å². The number of hydrogen-bond acceptors (Lipinski definition) is 2. The molecule has 2 aliphatic heterocycles. The number of halogens is 1. The predicted molar refractivity (Wildman–Crippen MR) is 79.4 cm³/mol. The number of rotatable bonds is 1. The first-order chi connectivity index (χ1) is 9.58. The Morgan fingerprint density at radius 1 is 1.45 bits per heavy atom. The lowest BCUT2D eigenvalue weighted by atomic mass is 9.90. The number of hydrogen-bond donors (Lipinski definition) is 1. The summed E-state index contributed by atoms with van der Waals surface area (Å²) in [6.07, 6.45) is 1.78. The summed E-state index contributed by atoms with van der Waals surface area (Å²) in [6.45, 7) is 3.27. The minimum atomic E-state index is -0.0276. The van der Waals surface area contributed by atoms with Gasteiger partial charge in [-0.1, -0.05) is 22.0 Å². The molecule has 2 aliphatic rings. The fraction of sp³-hybridized carbons (Fsp3) is 0.467. The molecule has 2 saturated heterocycles. The van der Waals surface area contributed by atoms with Crippen LogP contribution >= 0.6 is 15.9 Å². The summed E-state index contributed by atoms with van der Waals surface area (Å²) < 4.78 is 0.903. The summed E-state index contributed by atoms with van der Waals surface area (Å²) in [5.41, 5.74) is 1.69. The zero-order chi connectivity index (χ0) is 14.3. The van der Waals surface area contributed by atoms with Gasteiger partial charge >= 0.3 is 0 Å². The topological polar surface area (TPSA) is 49.4 Å². The van der Waals surface area contributed by atoms with Crippen LogP contribution in [0, 0.1) is 12.8 Å². The molecule has 0 bridgehead atoms. The van der Waals surface area contributed by atoms with Crippen molar-refractivity contribution in [2.45, 2.75) is 25.8 Å². The molecule has 4 nitrogen and oxygen atoms in total. The average molecular weight is 337 g/mol. The molecule has 1 N–H and O–H groups in total. The SMILES string of the molecule is Cc1ccc(Br)cc1C(=O)N1CCCC2C(=O)NCC21. The number of amides is 2. The highest BCUT2D eigenvalue weighted by Gasteiger charge is 2.42. The molecule has 1 aromatic rings. The molecule has 2 amide bonds. The van der Waals surface area contributed by atoms with Gasteiger partial charge in [-0.25, -0.2) is 0 Å². The van der Waals surface area contributed by atoms with E-state index in [1.165, 1.54) is 0 Å². The number of piperidine rings is 1. The molecular weight excluding hydrogens is 320 g/mol. The van der Waals surface area contributed by atoms with Crippen LogP contribution in [-0.4, -0.2) is 35.8 Å². The number of aryl methyl sites for hydroxylation is 1. The first-order valence-electron chi connectivity index (χ1n) is 6.93. The van der Waals surface area contributed by atoms with Gasteiger partial charge < -0.3 is 10.2 Å². The normalized spacial score (nSPS) is 25.3. The van der Waals surface area contributed by atoms with Crippen LogP contribution in [0.4, 0.5) is 0 Å². The lowest BCUT2D eigenvalue weighted by Gasteiger charge is -2.36. The van der Waals surface area contributed by atoms with Gasteiger partial charge in [0.05, 0.1) is 12.0 Å². The lowest BCUT2D eigenvalue weighted by Crippen LogP contribution is -2.48. The third-order valence-corrected chi connectivity index (χ3v) is 4.79. The summed E-state index contributed by atoms with van der Waals surface area (Å²) in [6, 6.07) is 5.76. The highest BCUT2D eigenvalue weighted by atomic mass is 79.9. The van der Waals surface area contributed by atoms with Crippen molar-refractivity contribution in [1.29, 1.82) is 0 Å². The Labute approximate surface area is 126 Å². The molecular formula is C15H17BrN2O2. The largest absolute Gasteiger partial charge is 0.354 e. The van der Waals surface area contributed by atoms with Gasteiger partial charge in [-0.05, 0) is 37.5 Å². The van der Waals surface area contributed by atoms with Crippen molar-refractivity contribution in [1.82, 2.24) is 10.2 Å². The molecule has 2 heterocycles. The second-order valence-corrected chi connectivity index (χ2v) is 6.43. The maximum Gasteiger partial charge on any atom is 0.254 e. The maximum atomic E-state index is 12.8. The van der Waals surface area contributed by atoms with E-state index in [-0.39, 0.29) is 23.8 Å². The van der Waals surface area contributed by atoms with Crippen LogP contribution in [0.5, 0.6) is 0 Å². The van der Waals surface area contributed by atoms with E-state index in [2.05, 4.69) is 21.2 Å². The van der Waals surface area contributed by atoms with Gasteiger partial charge in [0.1, 0.15) is 0 Å². The fourth-order valence-electron chi connectivity index (χ4n) is 3.18. The van der Waals surface area contributed by atoms with Crippen LogP contribution in [0.1, 0.15) is 28.8 Å². The van der Waals surface area contributed by atoms with Crippen LogP contribution in [0.15, 0.2) is 22.7 Å². The Kier molecular flexibility index (Phi) is 3.54. The van der Waals surface area contributed by atoms with Crippen molar-refractivity contribution >= 4 is 27.7 Å². The first-order valence-corrected chi connectivity index (χ1v) is 7.72. The van der Waals surface area contributed by atoms with Gasteiger partial charge in [0, 0.05) is 23.1 Å². The van der Waals surface area contributed by atoms with Gasteiger partial charge in [0.15, 0.2) is 0 Å². The van der Waals surface area contributed by atoms with Gasteiger partial charge in [-0.3, -0.25) is 9.59 Å². The van der Waals surface area contributed by atoms with Crippen LogP contribution in [-0.2, 0) is 4.79 Å². The van der Waals surface area contributed by atoms with Crippen molar-refractivity contribution in [2.75, 3.05) is 13.1 Å². The molecule has 1 aromatic carbocycles. The standard InChI is InChI=1S/C15H17BrN2O2/c1-9-4-5-10(16)7-12(9)15(20)18-6-2-3-11-13(18)8-17-14(11)19/h4-5,7,11,13H,2-3,6,8H2,1H3,(H,17,19). The smallest absolute Gasteiger partial charge is 0.254 e. The molecule has 2 unspecified atom stereocenters. The third-order valence-electron chi connectivity index (χ3n) is 4.29. The van der Waals surface area contributed by atoms with Crippen LogP contribution in [0.2, 0.25) is 0 Å². The first kappa shape index (κ1) is 13.6. The molecule has 0 radical (unpaired) electrons. The molecule has 0 saturated carbocycles. The second-order valence-electron chi connectivity index (χ2n) is 5.52. The zero-order valence-corrected chi connectivity index (χ0v) is 12.9. The lowest BCUT2D eigenvalue weighted by molar-refractivity contribution is -0.123. The molecule has 20 heavy (non-hydrogen) atoms. The minimum Gasteiger partial charge on any atom is -0.354 e. The van der Waals surface area contributed by atoms with E-state index in [4.69, 9.17) is 0 Å². The molecule has 3 rings (SSSR count). The van der Waals surface area contributed by atoms with E-state index >= 15 is 0 Å². The molecule has 5 heteroatoms. The van der Waals surface area contributed by atoms with E-state index in [1.807, 2.05) is 30.0 Å². The summed E-state index contributed by atoms with van der Waals surface area (Å²) >= 11 is 3.42. The number of nitrogens with one attached hydrogen (secondary N) is 1. The number of nitrogens with zero attached hydrogens (tertiary/aromatic N) is 1. The van der Waals surface area contributed by atoms with Gasteiger partial charge in [-0.15, -0.1) is 0 Å². The van der Waals surface area contributed by atoms with Crippen molar-refractivity contribution < 1.29 is 9.59 Å². The highest BCUT2D eigenvalue weighted by Crippen LogP contribution is 2.29. The zero-order valence-electron chi connectivity index (χ0n) is 11.4. The van der Waals surface area contributed by atoms with Crippen molar-refractivity contribution in [3.63, 3.8) is 0 Å². The monoisotopic (exact) mass is 336 g/mol. The van der Waals surface area contributed by atoms with Crippen molar-refractivity contribution in [3.05, 3.63) is 33.8 Å². The number of likely N-dealkylation sites (tertiary alicyclic amines) is 1. The molecule has 0 aliphatic carbocycles. The Hall–Kier alpha value is -1.36. The number of carbonyl (C=O) groups excluding carboxylic acids is 2. The number of benzene rings is 1. The van der Waals surface area contributed by atoms with Gasteiger partial charge in [-0.2, -0.15) is 0 Å². The van der Waals surface area contributed by atoms with Crippen molar-refractivity contribution in [2.24, 2.45) is 5.92 Å². The summed E-state index contributed by atoms with van der Waals surface area (Å²) in [5.74, 6) is 0.105. The van der Waals surface area contributed by atoms with E-state index in [9.17, 15) is 9.59 Å². The number of fused-ring (bicyclic) bond motifs is 1. The summed E-state index contributed by atoms with van der Waals surface area (Å²) in [4.78, 5) is 26.4. The predicted octanol–water partition coefficient (Wildman–Crippen LogP) is 2.11. The van der Waals surface area contributed by atoms with E-state index < -0.39 is 0 Å². The molecule has 0 aromatic heterocycles. The Bertz CT molecular complexity index is 573. The van der Waals surface area contributed by atoms with Crippen LogP contribution in [0.3, 0.4) is 0 Å². The Balaban J connectivity index is 1.90. The average Bonchev–Trinajstić information content (AvgIpc) is 2.83. The molecule has 0 spiro atoms. The van der Waals surface area contributed by atoms with Gasteiger partial charge in [0.2, 0.25) is 5.91 Å². The second kappa shape index (κ2) is 5.20. The summed E-state index contributed by atoms with van der Waals surface area (Å²) in [5, 5.41) is 2.88. The third kappa shape index (κ3) is 2.24. The van der Waals surface area contributed by atoms with Crippen LogP contribution in [0.25, 0.3) is 0 Å². The van der Waals surface area contributed by atoms with Gasteiger partial charge in [0.25, 0.3) is 5.91 Å². The minimum absolute atomic E-state index is 0.0159. The summed E-state index contributed by atoms with van der Waals surface area (Å²) in [7, 11) is 0. The van der Waals surface area contributed by atoms with Crippen LogP contribution < -0.4 is 5.32 Å². The molecule has 106 valence electrons. The molecule has 2 atom stereocenters. The number of carbonyl (C=O) groups is 2. The fourth-order valence-corrected chi connectivity index (χ4v) is 3.54. The van der Waals surface area contributed by atoms with E-state index in [0.29, 0.717) is 6.54 Å². The Morgan fingerprint density at radius 2 is 2.25 bits per heavy atom. The van der Waals surface area contributed by atoms with E-state index in [0.717, 1.165) is 35.0 Å². The Morgan fingerprint density at radius 3 is 3.05 bits per heavy atom.